The lowest BCUT2D eigenvalue weighted by Gasteiger charge is -2.14. The van der Waals surface area contributed by atoms with Crippen LogP contribution >= 0.6 is 0 Å². The van der Waals surface area contributed by atoms with E-state index in [2.05, 4.69) is 0 Å². The van der Waals surface area contributed by atoms with Gasteiger partial charge in [0.25, 0.3) is 23.6 Å². The molecule has 4 amide bonds. The highest BCUT2D eigenvalue weighted by Gasteiger charge is 2.29. The highest BCUT2D eigenvalue weighted by Crippen LogP contribution is 2.13. The van der Waals surface area contributed by atoms with Crippen LogP contribution in [0.3, 0.4) is 0 Å². The number of unbranched alkanes of at least 4 members (excludes halogenated alkanes) is 1. The van der Waals surface area contributed by atoms with Gasteiger partial charge >= 0.3 is 11.9 Å². The molecule has 10 heteroatoms. The van der Waals surface area contributed by atoms with Crippen molar-refractivity contribution in [3.8, 4) is 0 Å². The van der Waals surface area contributed by atoms with E-state index in [1.807, 2.05) is 0 Å². The van der Waals surface area contributed by atoms with Gasteiger partial charge in [0.1, 0.15) is 0 Å². The van der Waals surface area contributed by atoms with E-state index >= 15 is 0 Å². The summed E-state index contributed by atoms with van der Waals surface area (Å²) < 4.78 is 10.0. The maximum absolute atomic E-state index is 11.7. The van der Waals surface area contributed by atoms with Crippen LogP contribution in [0.1, 0.15) is 39.5 Å². The highest BCUT2D eigenvalue weighted by atomic mass is 16.5. The average molecular weight is 420 g/mol. The number of hydrogen-bond acceptors (Lipinski definition) is 8. The zero-order valence-electron chi connectivity index (χ0n) is 17.0. The van der Waals surface area contributed by atoms with Gasteiger partial charge in [-0.15, -0.1) is 0 Å². The van der Waals surface area contributed by atoms with E-state index in [9.17, 15) is 28.8 Å². The van der Waals surface area contributed by atoms with Crippen LogP contribution in [0.4, 0.5) is 0 Å². The number of carbonyl (C=O) groups excluding carboxylic acids is 6. The van der Waals surface area contributed by atoms with Crippen molar-refractivity contribution < 1.29 is 38.2 Å². The van der Waals surface area contributed by atoms with Crippen LogP contribution < -0.4 is 0 Å². The molecule has 2 aliphatic rings. The molecule has 2 aliphatic heterocycles. The maximum Gasteiger partial charge on any atom is 0.307 e. The summed E-state index contributed by atoms with van der Waals surface area (Å²) in [5.41, 5.74) is 0.682. The summed E-state index contributed by atoms with van der Waals surface area (Å²) in [6, 6.07) is 0. The quantitative estimate of drug-likeness (QED) is 0.265. The predicted octanol–water partition coefficient (Wildman–Crippen LogP) is 0.263. The smallest absolute Gasteiger partial charge is 0.307 e. The minimum absolute atomic E-state index is 0.0287. The van der Waals surface area contributed by atoms with Crippen molar-refractivity contribution in [2.24, 2.45) is 0 Å². The van der Waals surface area contributed by atoms with E-state index in [1.54, 1.807) is 0 Å². The predicted molar refractivity (Wildman–Crippen MR) is 101 cm³/mol. The lowest BCUT2D eigenvalue weighted by Crippen LogP contribution is -2.33. The second-order valence-electron chi connectivity index (χ2n) is 6.89. The van der Waals surface area contributed by atoms with Crippen LogP contribution in [0, 0.1) is 0 Å². The molecular weight excluding hydrogens is 396 g/mol. The number of nitrogens with zero attached hydrogens (tertiary/aromatic N) is 2. The molecule has 0 spiro atoms. The van der Waals surface area contributed by atoms with E-state index in [4.69, 9.17) is 9.47 Å². The van der Waals surface area contributed by atoms with Crippen LogP contribution in [0.15, 0.2) is 23.3 Å². The zero-order valence-corrected chi connectivity index (χ0v) is 17.0. The Morgan fingerprint density at radius 1 is 0.733 bits per heavy atom. The number of hydrogen-bond donors (Lipinski definition) is 0. The van der Waals surface area contributed by atoms with E-state index in [-0.39, 0.29) is 39.1 Å². The summed E-state index contributed by atoms with van der Waals surface area (Å²) in [5, 5.41) is 0. The Morgan fingerprint density at radius 2 is 1.10 bits per heavy atom. The van der Waals surface area contributed by atoms with Crippen molar-refractivity contribution >= 4 is 35.6 Å². The third kappa shape index (κ3) is 6.10. The van der Waals surface area contributed by atoms with E-state index in [0.717, 1.165) is 9.80 Å². The van der Waals surface area contributed by atoms with Crippen LogP contribution in [0.25, 0.3) is 0 Å². The molecule has 0 aromatic heterocycles. The minimum atomic E-state index is -0.527. The van der Waals surface area contributed by atoms with Gasteiger partial charge < -0.3 is 9.47 Å². The third-order valence-electron chi connectivity index (χ3n) is 4.52. The van der Waals surface area contributed by atoms with Crippen LogP contribution in [0.5, 0.6) is 0 Å². The molecule has 30 heavy (non-hydrogen) atoms. The molecule has 10 nitrogen and oxygen atoms in total. The van der Waals surface area contributed by atoms with Gasteiger partial charge in [-0.2, -0.15) is 0 Å². The summed E-state index contributed by atoms with van der Waals surface area (Å²) in [7, 11) is 0. The zero-order chi connectivity index (χ0) is 22.3. The Morgan fingerprint density at radius 3 is 1.40 bits per heavy atom. The number of amides is 4. The van der Waals surface area contributed by atoms with Crippen molar-refractivity contribution in [1.29, 1.82) is 0 Å². The molecular formula is C20H24N2O8. The van der Waals surface area contributed by atoms with Crippen molar-refractivity contribution in [3.05, 3.63) is 23.3 Å². The van der Waals surface area contributed by atoms with Crippen LogP contribution in [0.2, 0.25) is 0 Å². The monoisotopic (exact) mass is 420 g/mol. The molecule has 162 valence electrons. The number of carbonyl (C=O) groups is 6. The fourth-order valence-corrected chi connectivity index (χ4v) is 2.83. The number of rotatable bonds is 11. The molecule has 0 aromatic carbocycles. The van der Waals surface area contributed by atoms with Crippen LogP contribution in [-0.4, -0.2) is 71.7 Å². The molecule has 2 rings (SSSR count). The highest BCUT2D eigenvalue weighted by molar-refractivity contribution is 6.16. The summed E-state index contributed by atoms with van der Waals surface area (Å²) in [4.78, 5) is 71.9. The lowest BCUT2D eigenvalue weighted by molar-refractivity contribution is -0.148. The maximum atomic E-state index is 11.7. The van der Waals surface area contributed by atoms with Crippen LogP contribution in [-0.2, 0) is 38.2 Å². The largest absolute Gasteiger partial charge is 0.466 e. The fourth-order valence-electron chi connectivity index (χ4n) is 2.83. The van der Waals surface area contributed by atoms with Gasteiger partial charge in [-0.1, -0.05) is 0 Å². The van der Waals surface area contributed by atoms with E-state index < -0.39 is 35.6 Å². The lowest BCUT2D eigenvalue weighted by atomic mass is 10.3. The second kappa shape index (κ2) is 10.5. The molecule has 0 atom stereocenters. The van der Waals surface area contributed by atoms with Crippen molar-refractivity contribution in [2.45, 2.75) is 39.5 Å². The van der Waals surface area contributed by atoms with Gasteiger partial charge in [-0.05, 0) is 26.7 Å². The molecule has 0 aliphatic carbocycles. The number of ether oxygens (including phenoxy) is 2. The van der Waals surface area contributed by atoms with E-state index in [1.165, 1.54) is 26.0 Å². The summed E-state index contributed by atoms with van der Waals surface area (Å²) in [6.07, 6.45) is 3.22. The summed E-state index contributed by atoms with van der Waals surface area (Å²) >= 11 is 0. The first-order valence-electron chi connectivity index (χ1n) is 9.60. The molecule has 0 saturated carbocycles. The minimum Gasteiger partial charge on any atom is -0.466 e. The second-order valence-corrected chi connectivity index (χ2v) is 6.89. The van der Waals surface area contributed by atoms with Gasteiger partial charge in [-0.3, -0.25) is 38.6 Å². The molecule has 0 unspecified atom stereocenters. The fraction of sp³-hybridized carbons (Fsp3) is 0.500. The molecule has 2 heterocycles. The van der Waals surface area contributed by atoms with Crippen molar-refractivity contribution in [2.75, 3.05) is 26.3 Å². The summed E-state index contributed by atoms with van der Waals surface area (Å²) in [5.74, 6) is -2.73. The third-order valence-corrected chi connectivity index (χ3v) is 4.52. The first-order valence-corrected chi connectivity index (χ1v) is 9.60. The van der Waals surface area contributed by atoms with Gasteiger partial charge in [0.05, 0.1) is 26.1 Å². The summed E-state index contributed by atoms with van der Waals surface area (Å²) in [6.45, 7) is 3.26. The molecule has 0 fully saturated rings. The molecule has 0 bridgehead atoms. The first-order chi connectivity index (χ1) is 14.2. The Kier molecular flexibility index (Phi) is 8.02. The van der Waals surface area contributed by atoms with Crippen molar-refractivity contribution in [1.82, 2.24) is 9.80 Å². The topological polar surface area (TPSA) is 127 Å². The van der Waals surface area contributed by atoms with Gasteiger partial charge in [0.15, 0.2) is 0 Å². The Labute approximate surface area is 173 Å². The SMILES string of the molecule is CC1=CC(=O)N(CCC(=O)OCCCCOC(=O)CCN2C(=O)C=C(C)C2=O)C1=O. The number of esters is 2. The number of imide groups is 2. The normalized spacial score (nSPS) is 16.2. The van der Waals surface area contributed by atoms with Gasteiger partial charge in [0.2, 0.25) is 0 Å². The standard InChI is InChI=1S/C20H24N2O8/c1-13-11-15(23)21(19(13)27)7-5-17(25)29-9-3-4-10-30-18(26)6-8-22-16(24)12-14(2)20(22)28/h11-12H,3-10H2,1-2H3. The van der Waals surface area contributed by atoms with Crippen molar-refractivity contribution in [3.63, 3.8) is 0 Å². The molecule has 0 radical (unpaired) electrons. The molecule has 0 saturated heterocycles. The Balaban J connectivity index is 1.49. The Bertz CT molecular complexity index is 759. The average Bonchev–Trinajstić information content (AvgIpc) is 3.08. The molecule has 0 N–H and O–H groups in total. The van der Waals surface area contributed by atoms with Gasteiger partial charge in [0, 0.05) is 36.4 Å². The molecule has 0 aromatic rings. The first kappa shape index (κ1) is 23.0. The van der Waals surface area contributed by atoms with E-state index in [0.29, 0.717) is 24.0 Å². The Hall–Kier alpha value is -3.30. The van der Waals surface area contributed by atoms with Gasteiger partial charge in [-0.25, -0.2) is 0 Å².